The maximum absolute atomic E-state index is 12.4. The van der Waals surface area contributed by atoms with Gasteiger partial charge < -0.3 is 24.8 Å². The van der Waals surface area contributed by atoms with Crippen molar-refractivity contribution in [1.82, 2.24) is 9.80 Å². The van der Waals surface area contributed by atoms with E-state index in [9.17, 15) is 10.1 Å². The van der Waals surface area contributed by atoms with E-state index in [2.05, 4.69) is 34.3 Å². The van der Waals surface area contributed by atoms with E-state index in [0.717, 1.165) is 75.5 Å². The minimum absolute atomic E-state index is 0.190. The molecule has 1 aliphatic carbocycles. The number of ether oxygens (including phenoxy) is 1. The zero-order chi connectivity index (χ0) is 22.2. The molecule has 1 N–H and O–H groups in total. The van der Waals surface area contributed by atoms with Gasteiger partial charge in [-0.3, -0.25) is 0 Å². The summed E-state index contributed by atoms with van der Waals surface area (Å²) in [5.41, 5.74) is 2.63. The van der Waals surface area contributed by atoms with Crippen LogP contribution in [0, 0.1) is 16.7 Å². The van der Waals surface area contributed by atoms with Crippen LogP contribution in [0.2, 0.25) is 0 Å². The summed E-state index contributed by atoms with van der Waals surface area (Å²) in [5, 5.41) is 13.2. The van der Waals surface area contributed by atoms with E-state index in [0.29, 0.717) is 6.04 Å². The molecule has 2 saturated heterocycles. The number of rotatable bonds is 3. The maximum Gasteiger partial charge on any atom is 0.410 e. The van der Waals surface area contributed by atoms with Crippen molar-refractivity contribution in [2.45, 2.75) is 51.7 Å². The highest BCUT2D eigenvalue weighted by Crippen LogP contribution is 2.49. The third-order valence-electron chi connectivity index (χ3n) is 6.78. The summed E-state index contributed by atoms with van der Waals surface area (Å²) in [5.74, 6) is 0. The van der Waals surface area contributed by atoms with Gasteiger partial charge in [0.25, 0.3) is 0 Å². The molecule has 0 bridgehead atoms. The number of hydrogen-bond acceptors (Lipinski definition) is 6. The highest BCUT2D eigenvalue weighted by Gasteiger charge is 2.50. The van der Waals surface area contributed by atoms with Crippen LogP contribution in [0.3, 0.4) is 0 Å². The Hall–Kier alpha value is -2.46. The van der Waals surface area contributed by atoms with Crippen LogP contribution >= 0.6 is 0 Å². The molecule has 7 heteroatoms. The first-order valence-corrected chi connectivity index (χ1v) is 11.4. The minimum atomic E-state index is -0.451. The number of piperazine rings is 1. The Bertz CT molecular complexity index is 858. The van der Waals surface area contributed by atoms with Gasteiger partial charge in [-0.2, -0.15) is 5.26 Å². The number of amides is 1. The van der Waals surface area contributed by atoms with Gasteiger partial charge in [0.15, 0.2) is 0 Å². The molecule has 1 aromatic carbocycles. The largest absolute Gasteiger partial charge is 0.444 e. The van der Waals surface area contributed by atoms with Crippen molar-refractivity contribution < 1.29 is 9.53 Å². The Kier molecular flexibility index (Phi) is 5.78. The normalized spacial score (nSPS) is 26.5. The van der Waals surface area contributed by atoms with Crippen LogP contribution in [0.15, 0.2) is 18.2 Å². The van der Waals surface area contributed by atoms with Gasteiger partial charge in [-0.25, -0.2) is 4.79 Å². The number of carbonyl (C=O) groups excluding carboxylic acids is 1. The average molecular weight is 426 g/mol. The highest BCUT2D eigenvalue weighted by molar-refractivity contribution is 5.69. The van der Waals surface area contributed by atoms with E-state index in [1.54, 1.807) is 0 Å². The Labute approximate surface area is 185 Å². The van der Waals surface area contributed by atoms with E-state index in [1.165, 1.54) is 0 Å². The Morgan fingerprint density at radius 1 is 1.19 bits per heavy atom. The van der Waals surface area contributed by atoms with E-state index >= 15 is 0 Å². The van der Waals surface area contributed by atoms with Gasteiger partial charge in [0.05, 0.1) is 11.3 Å². The zero-order valence-electron chi connectivity index (χ0n) is 19.3. The molecule has 1 saturated carbocycles. The summed E-state index contributed by atoms with van der Waals surface area (Å²) in [7, 11) is 2.14. The minimum Gasteiger partial charge on any atom is -0.444 e. The molecule has 1 amide bonds. The first-order chi connectivity index (χ1) is 14.7. The smallest absolute Gasteiger partial charge is 0.410 e. The van der Waals surface area contributed by atoms with Crippen LogP contribution in [0.25, 0.3) is 0 Å². The first-order valence-electron chi connectivity index (χ1n) is 11.4. The topological polar surface area (TPSA) is 71.8 Å². The molecule has 2 aliphatic heterocycles. The number of nitrogens with one attached hydrogen (secondary N) is 1. The summed E-state index contributed by atoms with van der Waals surface area (Å²) in [6, 6.07) is 8.85. The number of nitriles is 1. The fourth-order valence-corrected chi connectivity index (χ4v) is 5.10. The molecule has 0 radical (unpaired) electrons. The number of likely N-dealkylation sites (tertiary alicyclic amines) is 1. The first kappa shape index (κ1) is 21.8. The lowest BCUT2D eigenvalue weighted by molar-refractivity contribution is 0.0237. The lowest BCUT2D eigenvalue weighted by Gasteiger charge is -2.46. The number of nitrogens with zero attached hydrogens (tertiary/aromatic N) is 4. The third kappa shape index (κ3) is 4.90. The van der Waals surface area contributed by atoms with Crippen LogP contribution in [0.4, 0.5) is 16.2 Å². The van der Waals surface area contributed by atoms with Gasteiger partial charge in [0, 0.05) is 51.0 Å². The highest BCUT2D eigenvalue weighted by atomic mass is 16.6. The van der Waals surface area contributed by atoms with Crippen molar-refractivity contribution >= 4 is 17.5 Å². The Balaban J connectivity index is 1.34. The van der Waals surface area contributed by atoms with Gasteiger partial charge >= 0.3 is 6.09 Å². The van der Waals surface area contributed by atoms with Gasteiger partial charge in [-0.1, -0.05) is 0 Å². The molecule has 0 atom stereocenters. The lowest BCUT2D eigenvalue weighted by Crippen LogP contribution is -2.47. The van der Waals surface area contributed by atoms with Crippen molar-refractivity contribution in [3.05, 3.63) is 23.8 Å². The molecule has 0 aromatic heterocycles. The summed E-state index contributed by atoms with van der Waals surface area (Å²) in [6.45, 7) is 11.2. The van der Waals surface area contributed by atoms with Gasteiger partial charge in [0.2, 0.25) is 0 Å². The van der Waals surface area contributed by atoms with Crippen LogP contribution in [-0.2, 0) is 4.74 Å². The lowest BCUT2D eigenvalue weighted by atomic mass is 9.65. The third-order valence-corrected chi connectivity index (χ3v) is 6.78. The van der Waals surface area contributed by atoms with Crippen LogP contribution in [-0.4, -0.2) is 73.9 Å². The van der Waals surface area contributed by atoms with Gasteiger partial charge in [-0.15, -0.1) is 0 Å². The molecule has 31 heavy (non-hydrogen) atoms. The van der Waals surface area contributed by atoms with Gasteiger partial charge in [-0.05, 0) is 70.7 Å². The summed E-state index contributed by atoms with van der Waals surface area (Å²) >= 11 is 0. The van der Waals surface area contributed by atoms with E-state index < -0.39 is 5.60 Å². The molecule has 168 valence electrons. The van der Waals surface area contributed by atoms with Crippen molar-refractivity contribution in [3.63, 3.8) is 0 Å². The molecule has 7 nitrogen and oxygen atoms in total. The second-order valence-electron chi connectivity index (χ2n) is 10.5. The number of carbonyl (C=O) groups is 1. The zero-order valence-corrected chi connectivity index (χ0v) is 19.3. The number of hydrogen-bond donors (Lipinski definition) is 1. The molecule has 3 fully saturated rings. The molecular weight excluding hydrogens is 390 g/mol. The van der Waals surface area contributed by atoms with Crippen LogP contribution < -0.4 is 10.2 Å². The van der Waals surface area contributed by atoms with E-state index in [-0.39, 0.29) is 11.5 Å². The van der Waals surface area contributed by atoms with E-state index in [1.807, 2.05) is 37.8 Å². The van der Waals surface area contributed by atoms with Crippen molar-refractivity contribution in [2.24, 2.45) is 5.41 Å². The molecular formula is C24H35N5O2. The average Bonchev–Trinajstić information content (AvgIpc) is 3.13. The van der Waals surface area contributed by atoms with E-state index in [4.69, 9.17) is 4.74 Å². The predicted octanol–water partition coefficient (Wildman–Crippen LogP) is 3.51. The van der Waals surface area contributed by atoms with Crippen molar-refractivity contribution in [2.75, 3.05) is 56.5 Å². The second kappa shape index (κ2) is 8.23. The molecule has 1 spiro atoms. The molecule has 3 aliphatic rings. The maximum atomic E-state index is 12.4. The number of benzene rings is 1. The van der Waals surface area contributed by atoms with Crippen LogP contribution in [0.1, 0.15) is 45.6 Å². The summed E-state index contributed by atoms with van der Waals surface area (Å²) in [4.78, 5) is 18.9. The SMILES string of the molecule is CN1CCN(c2cc(NC3CC4(CCN(C(=O)OC(C)(C)C)C4)C3)ccc2C#N)CC1. The van der Waals surface area contributed by atoms with Crippen LogP contribution in [0.5, 0.6) is 0 Å². The molecule has 1 aromatic rings. The Morgan fingerprint density at radius 2 is 1.90 bits per heavy atom. The Morgan fingerprint density at radius 3 is 2.55 bits per heavy atom. The fraction of sp³-hybridized carbons (Fsp3) is 0.667. The number of anilines is 2. The fourth-order valence-electron chi connectivity index (χ4n) is 5.10. The summed E-state index contributed by atoms with van der Waals surface area (Å²) < 4.78 is 5.54. The molecule has 0 unspecified atom stereocenters. The quantitative estimate of drug-likeness (QED) is 0.799. The molecule has 4 rings (SSSR count). The monoisotopic (exact) mass is 425 g/mol. The predicted molar refractivity (Wildman–Crippen MR) is 122 cm³/mol. The second-order valence-corrected chi connectivity index (χ2v) is 10.5. The molecule has 2 heterocycles. The van der Waals surface area contributed by atoms with Crippen molar-refractivity contribution in [1.29, 1.82) is 5.26 Å². The summed E-state index contributed by atoms with van der Waals surface area (Å²) in [6.07, 6.45) is 2.99. The standard InChI is InChI=1S/C24H35N5O2/c1-23(2,3)31-22(30)29-8-7-24(17-29)14-20(15-24)26-19-6-5-18(16-25)21(13-19)28-11-9-27(4)10-12-28/h5-6,13,20,26H,7-12,14-15,17H2,1-4H3. The van der Waals surface area contributed by atoms with Gasteiger partial charge in [0.1, 0.15) is 11.7 Å². The van der Waals surface area contributed by atoms with Crippen molar-refractivity contribution in [3.8, 4) is 6.07 Å². The number of likely N-dealkylation sites (N-methyl/N-ethyl adjacent to an activating group) is 1.